The molecule has 0 saturated carbocycles. The molecule has 0 bridgehead atoms. The van der Waals surface area contributed by atoms with Crippen LogP contribution in [0.15, 0.2) is 46.9 Å². The normalized spacial score (nSPS) is 12.0. The van der Waals surface area contributed by atoms with Crippen molar-refractivity contribution in [2.24, 2.45) is 0 Å². The Labute approximate surface area is 127 Å². The lowest BCUT2D eigenvalue weighted by Gasteiger charge is -2.17. The third-order valence-corrected chi connectivity index (χ3v) is 3.48. The van der Waals surface area contributed by atoms with E-state index in [1.165, 1.54) is 6.07 Å². The zero-order valence-corrected chi connectivity index (χ0v) is 13.1. The number of ether oxygens (including phenoxy) is 1. The molecule has 0 aromatic heterocycles. The summed E-state index contributed by atoms with van der Waals surface area (Å²) in [4.78, 5) is 0. The molecule has 0 fully saturated rings. The van der Waals surface area contributed by atoms with Gasteiger partial charge in [-0.2, -0.15) is 0 Å². The average Bonchev–Trinajstić information content (AvgIpc) is 2.44. The summed E-state index contributed by atoms with van der Waals surface area (Å²) in [5, 5.41) is 3.17. The van der Waals surface area contributed by atoms with Crippen molar-refractivity contribution >= 4 is 21.6 Å². The Kier molecular flexibility index (Phi) is 5.01. The first-order chi connectivity index (χ1) is 9.60. The summed E-state index contributed by atoms with van der Waals surface area (Å²) in [6.07, 6.45) is 0. The van der Waals surface area contributed by atoms with Crippen LogP contribution in [0.4, 0.5) is 10.1 Å². The van der Waals surface area contributed by atoms with Crippen molar-refractivity contribution in [3.8, 4) is 5.75 Å². The fourth-order valence-corrected chi connectivity index (χ4v) is 2.31. The maximum absolute atomic E-state index is 13.7. The van der Waals surface area contributed by atoms with E-state index in [0.717, 1.165) is 15.8 Å². The van der Waals surface area contributed by atoms with Crippen LogP contribution >= 0.6 is 15.9 Å². The lowest BCUT2D eigenvalue weighted by molar-refractivity contribution is 0.340. The number of hydrogen-bond acceptors (Lipinski definition) is 2. The predicted molar refractivity (Wildman–Crippen MR) is 83.7 cm³/mol. The summed E-state index contributed by atoms with van der Waals surface area (Å²) in [6.45, 7) is 4.60. The predicted octanol–water partition coefficient (Wildman–Crippen LogP) is 5.16. The van der Waals surface area contributed by atoms with Crippen molar-refractivity contribution < 1.29 is 9.13 Å². The van der Waals surface area contributed by atoms with Crippen LogP contribution < -0.4 is 10.1 Å². The molecule has 20 heavy (non-hydrogen) atoms. The Morgan fingerprint density at radius 2 is 1.90 bits per heavy atom. The molecular formula is C16H17BrFNO. The van der Waals surface area contributed by atoms with Crippen LogP contribution in [-0.2, 0) is 0 Å². The van der Waals surface area contributed by atoms with Crippen LogP contribution in [0.25, 0.3) is 0 Å². The van der Waals surface area contributed by atoms with E-state index in [1.807, 2.05) is 38.1 Å². The van der Waals surface area contributed by atoms with Crippen LogP contribution in [0.3, 0.4) is 0 Å². The van der Waals surface area contributed by atoms with Crippen molar-refractivity contribution in [3.05, 3.63) is 58.3 Å². The van der Waals surface area contributed by atoms with Gasteiger partial charge in [0.2, 0.25) is 0 Å². The van der Waals surface area contributed by atoms with E-state index < -0.39 is 0 Å². The van der Waals surface area contributed by atoms with Gasteiger partial charge < -0.3 is 10.1 Å². The molecular weight excluding hydrogens is 321 g/mol. The largest absolute Gasteiger partial charge is 0.494 e. The minimum absolute atomic E-state index is 0.00877. The molecule has 1 unspecified atom stereocenters. The highest BCUT2D eigenvalue weighted by atomic mass is 79.9. The molecule has 0 amide bonds. The second-order valence-corrected chi connectivity index (χ2v) is 5.41. The molecule has 4 heteroatoms. The summed E-state index contributed by atoms with van der Waals surface area (Å²) in [6, 6.07) is 12.7. The fraction of sp³-hybridized carbons (Fsp3) is 0.250. The number of benzene rings is 2. The average molecular weight is 338 g/mol. The topological polar surface area (TPSA) is 21.3 Å². The summed E-state index contributed by atoms with van der Waals surface area (Å²) in [5.74, 6) is 0.586. The van der Waals surface area contributed by atoms with Crippen molar-refractivity contribution in [2.75, 3.05) is 11.9 Å². The molecule has 2 nitrogen and oxygen atoms in total. The van der Waals surface area contributed by atoms with Crippen LogP contribution in [0.2, 0.25) is 0 Å². The quantitative estimate of drug-likeness (QED) is 0.813. The third kappa shape index (κ3) is 3.73. The number of halogens is 2. The van der Waals surface area contributed by atoms with E-state index in [1.54, 1.807) is 12.1 Å². The number of hydrogen-bond donors (Lipinski definition) is 1. The SMILES string of the molecule is CCOc1ccc(C(C)Nc2cc(Br)ccc2F)cc1. The zero-order chi connectivity index (χ0) is 14.5. The van der Waals surface area contributed by atoms with Gasteiger partial charge in [0.1, 0.15) is 11.6 Å². The second kappa shape index (κ2) is 6.75. The molecule has 0 saturated heterocycles. The van der Waals surface area contributed by atoms with Gasteiger partial charge in [-0.15, -0.1) is 0 Å². The van der Waals surface area contributed by atoms with Gasteiger partial charge in [0.25, 0.3) is 0 Å². The zero-order valence-electron chi connectivity index (χ0n) is 11.5. The summed E-state index contributed by atoms with van der Waals surface area (Å²) in [5.41, 5.74) is 1.56. The molecule has 1 atom stereocenters. The molecule has 0 aliphatic heterocycles. The molecule has 0 spiro atoms. The molecule has 0 radical (unpaired) electrons. The van der Waals surface area contributed by atoms with Crippen molar-refractivity contribution in [3.63, 3.8) is 0 Å². The second-order valence-electron chi connectivity index (χ2n) is 4.49. The molecule has 0 heterocycles. The first kappa shape index (κ1) is 14.9. The van der Waals surface area contributed by atoms with Gasteiger partial charge in [-0.25, -0.2) is 4.39 Å². The lowest BCUT2D eigenvalue weighted by atomic mass is 10.1. The first-order valence-corrected chi connectivity index (χ1v) is 7.33. The Hall–Kier alpha value is -1.55. The highest BCUT2D eigenvalue weighted by Gasteiger charge is 2.09. The fourth-order valence-electron chi connectivity index (χ4n) is 1.94. The molecule has 1 N–H and O–H groups in total. The van der Waals surface area contributed by atoms with E-state index in [-0.39, 0.29) is 11.9 Å². The van der Waals surface area contributed by atoms with Crippen molar-refractivity contribution in [2.45, 2.75) is 19.9 Å². The first-order valence-electron chi connectivity index (χ1n) is 6.54. The number of nitrogens with one attached hydrogen (secondary N) is 1. The van der Waals surface area contributed by atoms with E-state index >= 15 is 0 Å². The third-order valence-electron chi connectivity index (χ3n) is 2.99. The molecule has 2 rings (SSSR count). The standard InChI is InChI=1S/C16H17BrFNO/c1-3-20-14-7-4-12(5-8-14)11(2)19-16-10-13(17)6-9-15(16)18/h4-11,19H,3H2,1-2H3. The lowest BCUT2D eigenvalue weighted by Crippen LogP contribution is -2.08. The van der Waals surface area contributed by atoms with Crippen molar-refractivity contribution in [1.82, 2.24) is 0 Å². The Morgan fingerprint density at radius 1 is 1.20 bits per heavy atom. The van der Waals surface area contributed by atoms with E-state index in [9.17, 15) is 4.39 Å². The minimum Gasteiger partial charge on any atom is -0.494 e. The highest BCUT2D eigenvalue weighted by molar-refractivity contribution is 9.10. The van der Waals surface area contributed by atoms with Crippen LogP contribution in [0.5, 0.6) is 5.75 Å². The highest BCUT2D eigenvalue weighted by Crippen LogP contribution is 2.25. The minimum atomic E-state index is -0.258. The maximum atomic E-state index is 13.7. The molecule has 0 aliphatic carbocycles. The van der Waals surface area contributed by atoms with E-state index in [2.05, 4.69) is 21.2 Å². The Bertz CT molecular complexity index is 571. The maximum Gasteiger partial charge on any atom is 0.146 e. The van der Waals surface area contributed by atoms with E-state index in [4.69, 9.17) is 4.74 Å². The van der Waals surface area contributed by atoms with Crippen molar-refractivity contribution in [1.29, 1.82) is 0 Å². The van der Waals surface area contributed by atoms with Gasteiger partial charge in [0, 0.05) is 10.5 Å². The Morgan fingerprint density at radius 3 is 2.55 bits per heavy atom. The van der Waals surface area contributed by atoms with Gasteiger partial charge in [0.15, 0.2) is 0 Å². The van der Waals surface area contributed by atoms with Crippen LogP contribution in [0.1, 0.15) is 25.5 Å². The number of rotatable bonds is 5. The summed E-state index contributed by atoms with van der Waals surface area (Å²) >= 11 is 3.35. The summed E-state index contributed by atoms with van der Waals surface area (Å²) < 4.78 is 20.0. The smallest absolute Gasteiger partial charge is 0.146 e. The van der Waals surface area contributed by atoms with Gasteiger partial charge in [-0.1, -0.05) is 28.1 Å². The van der Waals surface area contributed by atoms with Gasteiger partial charge >= 0.3 is 0 Å². The van der Waals surface area contributed by atoms with Gasteiger partial charge in [-0.05, 0) is 49.7 Å². The Balaban J connectivity index is 2.11. The monoisotopic (exact) mass is 337 g/mol. The molecule has 2 aromatic carbocycles. The molecule has 2 aromatic rings. The van der Waals surface area contributed by atoms with Gasteiger partial charge in [0.05, 0.1) is 12.3 Å². The number of anilines is 1. The van der Waals surface area contributed by atoms with Crippen LogP contribution in [-0.4, -0.2) is 6.61 Å². The molecule has 0 aliphatic rings. The molecule has 106 valence electrons. The van der Waals surface area contributed by atoms with Crippen LogP contribution in [0, 0.1) is 5.82 Å². The van der Waals surface area contributed by atoms with Gasteiger partial charge in [-0.3, -0.25) is 0 Å². The van der Waals surface area contributed by atoms with E-state index in [0.29, 0.717) is 12.3 Å². The summed E-state index contributed by atoms with van der Waals surface area (Å²) in [7, 11) is 0.